The van der Waals surface area contributed by atoms with Crippen LogP contribution in [0, 0.1) is 5.92 Å². The normalized spacial score (nSPS) is 12.9. The van der Waals surface area contributed by atoms with E-state index in [1.807, 2.05) is 0 Å². The third kappa shape index (κ3) is 12.0. The molecule has 0 aliphatic rings. The van der Waals surface area contributed by atoms with E-state index in [-0.39, 0.29) is 0 Å². The number of aliphatic hydroxyl groups excluding tert-OH is 1. The lowest BCUT2D eigenvalue weighted by Gasteiger charge is -2.09. The number of aliphatic hydroxyl groups is 1. The summed E-state index contributed by atoms with van der Waals surface area (Å²) >= 11 is 0. The second-order valence-electron chi connectivity index (χ2n) is 5.23. The van der Waals surface area contributed by atoms with Gasteiger partial charge >= 0.3 is 0 Å². The average Bonchev–Trinajstić information content (AvgIpc) is 2.27. The highest BCUT2D eigenvalue weighted by atomic mass is 16.2. The van der Waals surface area contributed by atoms with E-state index in [1.165, 1.54) is 64.2 Å². The molecule has 0 aromatic heterocycles. The van der Waals surface area contributed by atoms with E-state index in [0.29, 0.717) is 6.61 Å². The summed E-state index contributed by atoms with van der Waals surface area (Å²) in [5, 5.41) is 8.63. The second kappa shape index (κ2) is 13.0. The lowest BCUT2D eigenvalue weighted by molar-refractivity contribution is 0.282. The van der Waals surface area contributed by atoms with Gasteiger partial charge < -0.3 is 5.11 Å². The van der Waals surface area contributed by atoms with Gasteiger partial charge in [0.25, 0.3) is 0 Å². The molecule has 0 spiro atoms. The van der Waals surface area contributed by atoms with Crippen LogP contribution in [0.5, 0.6) is 0 Å². The summed E-state index contributed by atoms with van der Waals surface area (Å²) in [5.41, 5.74) is 0. The summed E-state index contributed by atoms with van der Waals surface area (Å²) in [4.78, 5) is 0. The van der Waals surface area contributed by atoms with E-state index >= 15 is 0 Å². The van der Waals surface area contributed by atoms with Crippen LogP contribution < -0.4 is 0 Å². The predicted molar refractivity (Wildman–Crippen MR) is 72.7 cm³/mol. The molecule has 0 aliphatic carbocycles. The van der Waals surface area contributed by atoms with Crippen molar-refractivity contribution in [3.8, 4) is 0 Å². The Morgan fingerprint density at radius 3 is 1.75 bits per heavy atom. The summed E-state index contributed by atoms with van der Waals surface area (Å²) < 4.78 is 0. The van der Waals surface area contributed by atoms with Crippen LogP contribution in [0.25, 0.3) is 0 Å². The van der Waals surface area contributed by atoms with Gasteiger partial charge in [-0.2, -0.15) is 0 Å². The summed E-state index contributed by atoms with van der Waals surface area (Å²) in [6.07, 6.45) is 14.7. The average molecular weight is 228 g/mol. The van der Waals surface area contributed by atoms with Gasteiger partial charge in [-0.3, -0.25) is 0 Å². The third-order valence-corrected chi connectivity index (χ3v) is 3.39. The highest BCUT2D eigenvalue weighted by Crippen LogP contribution is 2.16. The molecule has 0 bridgehead atoms. The van der Waals surface area contributed by atoms with Gasteiger partial charge in [0, 0.05) is 6.61 Å². The zero-order valence-corrected chi connectivity index (χ0v) is 11.5. The van der Waals surface area contributed by atoms with Gasteiger partial charge in [0.2, 0.25) is 0 Å². The molecule has 0 amide bonds. The maximum absolute atomic E-state index is 8.63. The molecule has 1 N–H and O–H groups in total. The van der Waals surface area contributed by atoms with Gasteiger partial charge in [-0.25, -0.2) is 0 Å². The molecule has 16 heavy (non-hydrogen) atoms. The molecule has 0 aliphatic heterocycles. The Hall–Kier alpha value is -0.0400. The largest absolute Gasteiger partial charge is 0.396 e. The fourth-order valence-electron chi connectivity index (χ4n) is 2.30. The van der Waals surface area contributed by atoms with Crippen molar-refractivity contribution in [1.29, 1.82) is 0 Å². The molecule has 98 valence electrons. The minimum absolute atomic E-state index is 0.370. The van der Waals surface area contributed by atoms with Gasteiger partial charge in [0.1, 0.15) is 0 Å². The zero-order valence-electron chi connectivity index (χ0n) is 11.5. The molecule has 1 nitrogen and oxygen atoms in total. The topological polar surface area (TPSA) is 20.2 Å². The molecule has 1 heteroatoms. The van der Waals surface area contributed by atoms with Crippen molar-refractivity contribution in [2.45, 2.75) is 84.5 Å². The van der Waals surface area contributed by atoms with Crippen LogP contribution in [-0.2, 0) is 0 Å². The Balaban J connectivity index is 2.98. The van der Waals surface area contributed by atoms with Crippen molar-refractivity contribution in [3.63, 3.8) is 0 Å². The Labute approximate surface area is 103 Å². The van der Waals surface area contributed by atoms with Gasteiger partial charge in [-0.15, -0.1) is 0 Å². The quantitative estimate of drug-likeness (QED) is 0.470. The number of hydrogen-bond acceptors (Lipinski definition) is 1. The molecular weight excluding hydrogens is 196 g/mol. The maximum Gasteiger partial charge on any atom is 0.0431 e. The van der Waals surface area contributed by atoms with Crippen LogP contribution in [0.15, 0.2) is 0 Å². The fourth-order valence-corrected chi connectivity index (χ4v) is 2.30. The standard InChI is InChI=1S/C15H32O/c1-3-12-15(2)13-10-8-6-4-5-7-9-11-14-16/h15-16H,3-14H2,1-2H3. The number of unbranched alkanes of at least 4 members (excludes halogenated alkanes) is 7. The van der Waals surface area contributed by atoms with E-state index in [0.717, 1.165) is 12.3 Å². The first-order valence-electron chi connectivity index (χ1n) is 7.42. The Morgan fingerprint density at radius 2 is 1.25 bits per heavy atom. The molecule has 0 saturated heterocycles. The first-order valence-corrected chi connectivity index (χ1v) is 7.42. The van der Waals surface area contributed by atoms with Crippen LogP contribution in [0.2, 0.25) is 0 Å². The first kappa shape index (κ1) is 16.0. The van der Waals surface area contributed by atoms with Crippen molar-refractivity contribution in [2.75, 3.05) is 6.61 Å². The van der Waals surface area contributed by atoms with Gasteiger partial charge in [-0.1, -0.05) is 78.1 Å². The molecule has 0 aromatic carbocycles. The fraction of sp³-hybridized carbons (Fsp3) is 1.00. The van der Waals surface area contributed by atoms with Gasteiger partial charge in [-0.05, 0) is 12.3 Å². The van der Waals surface area contributed by atoms with Gasteiger partial charge in [0.15, 0.2) is 0 Å². The molecule has 0 saturated carbocycles. The van der Waals surface area contributed by atoms with Crippen LogP contribution in [0.3, 0.4) is 0 Å². The summed E-state index contributed by atoms with van der Waals surface area (Å²) in [6, 6.07) is 0. The minimum atomic E-state index is 0.370. The summed E-state index contributed by atoms with van der Waals surface area (Å²) in [7, 11) is 0. The van der Waals surface area contributed by atoms with E-state index in [9.17, 15) is 0 Å². The van der Waals surface area contributed by atoms with Crippen LogP contribution in [-0.4, -0.2) is 11.7 Å². The molecule has 0 rings (SSSR count). The third-order valence-electron chi connectivity index (χ3n) is 3.39. The van der Waals surface area contributed by atoms with E-state index in [2.05, 4.69) is 13.8 Å². The van der Waals surface area contributed by atoms with Gasteiger partial charge in [0.05, 0.1) is 0 Å². The van der Waals surface area contributed by atoms with Crippen molar-refractivity contribution >= 4 is 0 Å². The smallest absolute Gasteiger partial charge is 0.0431 e. The molecule has 0 radical (unpaired) electrons. The van der Waals surface area contributed by atoms with Crippen LogP contribution in [0.4, 0.5) is 0 Å². The number of hydrogen-bond donors (Lipinski definition) is 1. The van der Waals surface area contributed by atoms with E-state index < -0.39 is 0 Å². The molecule has 0 aromatic rings. The molecular formula is C15H32O. The Kier molecular flexibility index (Phi) is 13.0. The van der Waals surface area contributed by atoms with Crippen molar-refractivity contribution in [2.24, 2.45) is 5.92 Å². The molecule has 1 unspecified atom stereocenters. The highest BCUT2D eigenvalue weighted by molar-refractivity contribution is 4.53. The minimum Gasteiger partial charge on any atom is -0.396 e. The Bertz CT molecular complexity index is 123. The summed E-state index contributed by atoms with van der Waals surface area (Å²) in [5.74, 6) is 0.939. The van der Waals surface area contributed by atoms with Crippen molar-refractivity contribution < 1.29 is 5.11 Å². The monoisotopic (exact) mass is 228 g/mol. The lowest BCUT2D eigenvalue weighted by atomic mass is 9.98. The van der Waals surface area contributed by atoms with Crippen molar-refractivity contribution in [1.82, 2.24) is 0 Å². The zero-order chi connectivity index (χ0) is 12.1. The predicted octanol–water partition coefficient (Wildman–Crippen LogP) is 4.93. The van der Waals surface area contributed by atoms with E-state index in [1.54, 1.807) is 0 Å². The highest BCUT2D eigenvalue weighted by Gasteiger charge is 1.99. The maximum atomic E-state index is 8.63. The number of rotatable bonds is 12. The Morgan fingerprint density at radius 1 is 0.750 bits per heavy atom. The summed E-state index contributed by atoms with van der Waals surface area (Å²) in [6.45, 7) is 5.04. The SMILES string of the molecule is CCCC(C)CCCCCCCCCCO. The van der Waals surface area contributed by atoms with E-state index in [4.69, 9.17) is 5.11 Å². The first-order chi connectivity index (χ1) is 7.81. The molecule has 1 atom stereocenters. The second-order valence-corrected chi connectivity index (χ2v) is 5.23. The lowest BCUT2D eigenvalue weighted by Crippen LogP contribution is -1.93. The molecule has 0 heterocycles. The van der Waals surface area contributed by atoms with Crippen molar-refractivity contribution in [3.05, 3.63) is 0 Å². The molecule has 0 fully saturated rings. The van der Waals surface area contributed by atoms with Crippen LogP contribution >= 0.6 is 0 Å². The van der Waals surface area contributed by atoms with Crippen LogP contribution in [0.1, 0.15) is 84.5 Å².